The predicted molar refractivity (Wildman–Crippen MR) is 92.7 cm³/mol. The molecule has 0 spiro atoms. The highest BCUT2D eigenvalue weighted by atomic mass is 16.5. The molecule has 24 heavy (non-hydrogen) atoms. The molecule has 0 aliphatic heterocycles. The fraction of sp³-hybridized carbons (Fsp3) is 0.150. The Morgan fingerprint density at radius 3 is 2.33 bits per heavy atom. The number of hydrogen-bond donors (Lipinski definition) is 1. The maximum absolute atomic E-state index is 12.3. The van der Waals surface area contributed by atoms with Gasteiger partial charge in [0.1, 0.15) is 11.9 Å². The second-order valence-corrected chi connectivity index (χ2v) is 5.39. The fourth-order valence-electron chi connectivity index (χ4n) is 2.51. The van der Waals surface area contributed by atoms with Crippen molar-refractivity contribution in [3.8, 4) is 11.1 Å². The summed E-state index contributed by atoms with van der Waals surface area (Å²) in [5.74, 6) is 0.556. The number of rotatable bonds is 6. The van der Waals surface area contributed by atoms with Gasteiger partial charge in [0, 0.05) is 12.7 Å². The van der Waals surface area contributed by atoms with Crippen molar-refractivity contribution in [3.05, 3.63) is 84.3 Å². The van der Waals surface area contributed by atoms with Gasteiger partial charge in [-0.05, 0) is 35.4 Å². The lowest BCUT2D eigenvalue weighted by Gasteiger charge is -2.14. The van der Waals surface area contributed by atoms with Gasteiger partial charge in [0.2, 0.25) is 0 Å². The monoisotopic (exact) mass is 321 g/mol. The Kier molecular flexibility index (Phi) is 5.08. The highest BCUT2D eigenvalue weighted by molar-refractivity contribution is 5.94. The fourth-order valence-corrected chi connectivity index (χ4v) is 2.51. The van der Waals surface area contributed by atoms with Gasteiger partial charge in [-0.3, -0.25) is 4.79 Å². The maximum atomic E-state index is 12.3. The number of carbonyl (C=O) groups is 1. The van der Waals surface area contributed by atoms with Crippen LogP contribution in [0.5, 0.6) is 0 Å². The van der Waals surface area contributed by atoms with Crippen molar-refractivity contribution in [2.45, 2.75) is 6.10 Å². The van der Waals surface area contributed by atoms with Crippen LogP contribution in [0.4, 0.5) is 0 Å². The molecule has 4 nitrogen and oxygen atoms in total. The molecule has 1 N–H and O–H groups in total. The van der Waals surface area contributed by atoms with E-state index >= 15 is 0 Å². The molecule has 0 saturated carbocycles. The number of amides is 1. The maximum Gasteiger partial charge on any atom is 0.251 e. The lowest BCUT2D eigenvalue weighted by atomic mass is 10.0. The first-order chi connectivity index (χ1) is 11.8. The molecule has 3 rings (SSSR count). The van der Waals surface area contributed by atoms with Crippen molar-refractivity contribution >= 4 is 5.91 Å². The summed E-state index contributed by atoms with van der Waals surface area (Å²) in [6.07, 6.45) is 1.29. The summed E-state index contributed by atoms with van der Waals surface area (Å²) in [4.78, 5) is 12.3. The van der Waals surface area contributed by atoms with Crippen LogP contribution in [0.1, 0.15) is 22.2 Å². The number of nitrogens with one attached hydrogen (secondary N) is 1. The number of benzene rings is 2. The van der Waals surface area contributed by atoms with E-state index in [1.807, 2.05) is 60.7 Å². The zero-order valence-electron chi connectivity index (χ0n) is 13.4. The molecule has 0 radical (unpaired) electrons. The van der Waals surface area contributed by atoms with Gasteiger partial charge in [-0.15, -0.1) is 0 Å². The van der Waals surface area contributed by atoms with E-state index in [-0.39, 0.29) is 12.0 Å². The molecule has 0 fully saturated rings. The van der Waals surface area contributed by atoms with Gasteiger partial charge in [-0.25, -0.2) is 0 Å². The number of furan rings is 1. The van der Waals surface area contributed by atoms with Gasteiger partial charge in [0.15, 0.2) is 0 Å². The van der Waals surface area contributed by atoms with Gasteiger partial charge < -0.3 is 14.5 Å². The van der Waals surface area contributed by atoms with Crippen LogP contribution in [0.15, 0.2) is 77.4 Å². The van der Waals surface area contributed by atoms with Crippen molar-refractivity contribution < 1.29 is 13.9 Å². The SMILES string of the molecule is COC(CNC(=O)c1ccc(-c2ccccc2)cc1)c1ccco1. The normalized spacial score (nSPS) is 11.9. The van der Waals surface area contributed by atoms with Gasteiger partial charge in [0.25, 0.3) is 5.91 Å². The van der Waals surface area contributed by atoms with E-state index in [0.29, 0.717) is 17.9 Å². The van der Waals surface area contributed by atoms with Gasteiger partial charge in [0.05, 0.1) is 12.8 Å². The average Bonchev–Trinajstić information content (AvgIpc) is 3.17. The molecule has 0 aliphatic rings. The summed E-state index contributed by atoms with van der Waals surface area (Å²) in [5.41, 5.74) is 2.82. The van der Waals surface area contributed by atoms with E-state index in [1.165, 1.54) is 0 Å². The minimum absolute atomic E-state index is 0.136. The van der Waals surface area contributed by atoms with Crippen LogP contribution in [0, 0.1) is 0 Å². The molecule has 122 valence electrons. The van der Waals surface area contributed by atoms with E-state index in [2.05, 4.69) is 5.32 Å². The van der Waals surface area contributed by atoms with Crippen LogP contribution < -0.4 is 5.32 Å². The Morgan fingerprint density at radius 2 is 1.71 bits per heavy atom. The zero-order chi connectivity index (χ0) is 16.8. The third-order valence-electron chi connectivity index (χ3n) is 3.85. The van der Waals surface area contributed by atoms with Gasteiger partial charge in [-0.1, -0.05) is 42.5 Å². The number of hydrogen-bond acceptors (Lipinski definition) is 3. The van der Waals surface area contributed by atoms with E-state index < -0.39 is 0 Å². The molecule has 1 unspecified atom stereocenters. The summed E-state index contributed by atoms with van der Waals surface area (Å²) >= 11 is 0. The lowest BCUT2D eigenvalue weighted by Crippen LogP contribution is -2.28. The molecular formula is C20H19NO3. The van der Waals surface area contributed by atoms with Gasteiger partial charge in [-0.2, -0.15) is 0 Å². The van der Waals surface area contributed by atoms with Crippen LogP contribution in [-0.4, -0.2) is 19.6 Å². The first-order valence-corrected chi connectivity index (χ1v) is 7.78. The van der Waals surface area contributed by atoms with Crippen molar-refractivity contribution in [2.24, 2.45) is 0 Å². The van der Waals surface area contributed by atoms with Crippen LogP contribution in [-0.2, 0) is 4.74 Å². The lowest BCUT2D eigenvalue weighted by molar-refractivity contribution is 0.0738. The summed E-state index contributed by atoms with van der Waals surface area (Å²) in [6, 6.07) is 21.2. The molecule has 1 aromatic heterocycles. The molecular weight excluding hydrogens is 302 g/mol. The van der Waals surface area contributed by atoms with E-state index in [4.69, 9.17) is 9.15 Å². The minimum atomic E-state index is -0.299. The highest BCUT2D eigenvalue weighted by Gasteiger charge is 2.15. The van der Waals surface area contributed by atoms with Crippen LogP contribution in [0.25, 0.3) is 11.1 Å². The molecule has 1 heterocycles. The summed E-state index contributed by atoms with van der Waals surface area (Å²) in [5, 5.41) is 2.87. The van der Waals surface area contributed by atoms with Crippen LogP contribution in [0.3, 0.4) is 0 Å². The topological polar surface area (TPSA) is 51.5 Å². The standard InChI is InChI=1S/C20H19NO3/c1-23-19(18-8-5-13-24-18)14-21-20(22)17-11-9-16(10-12-17)15-6-3-2-4-7-15/h2-13,19H,14H2,1H3,(H,21,22). The highest BCUT2D eigenvalue weighted by Crippen LogP contribution is 2.19. The zero-order valence-corrected chi connectivity index (χ0v) is 13.4. The van der Waals surface area contributed by atoms with E-state index in [0.717, 1.165) is 11.1 Å². The second-order valence-electron chi connectivity index (χ2n) is 5.39. The Hall–Kier alpha value is -2.85. The van der Waals surface area contributed by atoms with Crippen molar-refractivity contribution in [1.82, 2.24) is 5.32 Å². The van der Waals surface area contributed by atoms with Crippen molar-refractivity contribution in [3.63, 3.8) is 0 Å². The molecule has 3 aromatic rings. The number of methoxy groups -OCH3 is 1. The molecule has 0 saturated heterocycles. The van der Waals surface area contributed by atoms with Crippen LogP contribution >= 0.6 is 0 Å². The Balaban J connectivity index is 1.63. The average molecular weight is 321 g/mol. The summed E-state index contributed by atoms with van der Waals surface area (Å²) in [6.45, 7) is 0.350. The third kappa shape index (κ3) is 3.73. The largest absolute Gasteiger partial charge is 0.467 e. The van der Waals surface area contributed by atoms with E-state index in [9.17, 15) is 4.79 Å². The van der Waals surface area contributed by atoms with Crippen molar-refractivity contribution in [2.75, 3.05) is 13.7 Å². The summed E-state index contributed by atoms with van der Waals surface area (Å²) < 4.78 is 10.7. The Morgan fingerprint density at radius 1 is 1.00 bits per heavy atom. The molecule has 0 aliphatic carbocycles. The third-order valence-corrected chi connectivity index (χ3v) is 3.85. The van der Waals surface area contributed by atoms with Gasteiger partial charge >= 0.3 is 0 Å². The number of ether oxygens (including phenoxy) is 1. The second kappa shape index (κ2) is 7.62. The summed E-state index contributed by atoms with van der Waals surface area (Å²) in [7, 11) is 1.59. The Bertz CT molecular complexity index is 764. The number of carbonyl (C=O) groups excluding carboxylic acids is 1. The Labute approximate surface area is 141 Å². The first-order valence-electron chi connectivity index (χ1n) is 7.78. The molecule has 4 heteroatoms. The predicted octanol–water partition coefficient (Wildman–Crippen LogP) is 4.06. The quantitative estimate of drug-likeness (QED) is 0.745. The molecule has 1 atom stereocenters. The molecule has 0 bridgehead atoms. The minimum Gasteiger partial charge on any atom is -0.467 e. The molecule has 1 amide bonds. The van der Waals surface area contributed by atoms with E-state index in [1.54, 1.807) is 19.4 Å². The van der Waals surface area contributed by atoms with Crippen LogP contribution in [0.2, 0.25) is 0 Å². The van der Waals surface area contributed by atoms with Crippen molar-refractivity contribution in [1.29, 1.82) is 0 Å². The first kappa shape index (κ1) is 16.0. The smallest absolute Gasteiger partial charge is 0.251 e. The molecule has 2 aromatic carbocycles.